The first kappa shape index (κ1) is 15.5. The molecule has 0 spiro atoms. The Morgan fingerprint density at radius 3 is 3.00 bits per heavy atom. The molecule has 0 radical (unpaired) electrons. The Hall–Kier alpha value is -2.05. The number of furan rings is 1. The van der Waals surface area contributed by atoms with E-state index in [1.165, 1.54) is 16.2 Å². The Labute approximate surface area is 148 Å². The molecule has 1 amide bonds. The van der Waals surface area contributed by atoms with Crippen molar-refractivity contribution < 1.29 is 9.21 Å². The zero-order chi connectivity index (χ0) is 16.5. The minimum Gasteiger partial charge on any atom is -0.459 e. The molecular formula is C18H16N2O2S2. The number of hydrogen-bond donors (Lipinski definition) is 0. The summed E-state index contributed by atoms with van der Waals surface area (Å²) >= 11 is 3.31. The Bertz CT molecular complexity index is 885. The second-order valence-electron chi connectivity index (χ2n) is 5.59. The van der Waals surface area contributed by atoms with Crippen molar-refractivity contribution in [1.29, 1.82) is 0 Å². The van der Waals surface area contributed by atoms with E-state index in [2.05, 4.69) is 11.1 Å². The summed E-state index contributed by atoms with van der Waals surface area (Å²) in [6.45, 7) is 2.66. The van der Waals surface area contributed by atoms with Gasteiger partial charge in [0.1, 0.15) is 5.76 Å². The third kappa shape index (κ3) is 2.99. The number of thiazole rings is 1. The minimum atomic E-state index is 0.0928. The van der Waals surface area contributed by atoms with E-state index < -0.39 is 0 Å². The lowest BCUT2D eigenvalue weighted by atomic mass is 10.2. The normalized spacial score (nSPS) is 13.8. The van der Waals surface area contributed by atoms with Crippen LogP contribution in [0.3, 0.4) is 0 Å². The molecule has 2 aromatic heterocycles. The number of fused-ring (bicyclic) bond motifs is 1. The lowest BCUT2D eigenvalue weighted by Gasteiger charge is -2.28. The number of thioether (sulfide) groups is 1. The summed E-state index contributed by atoms with van der Waals surface area (Å²) in [6.07, 6.45) is 0.315. The van der Waals surface area contributed by atoms with Gasteiger partial charge in [-0.3, -0.25) is 4.79 Å². The third-order valence-electron chi connectivity index (χ3n) is 3.86. The highest BCUT2D eigenvalue weighted by Gasteiger charge is 2.23. The topological polar surface area (TPSA) is 46.3 Å². The van der Waals surface area contributed by atoms with E-state index in [4.69, 9.17) is 4.42 Å². The van der Waals surface area contributed by atoms with Gasteiger partial charge in [-0.25, -0.2) is 4.98 Å². The number of carbonyl (C=O) groups is 1. The maximum absolute atomic E-state index is 12.7. The average molecular weight is 356 g/mol. The molecular weight excluding hydrogens is 340 g/mol. The molecule has 4 nitrogen and oxygen atoms in total. The highest BCUT2D eigenvalue weighted by molar-refractivity contribution is 7.99. The summed E-state index contributed by atoms with van der Waals surface area (Å²) in [7, 11) is 0. The Kier molecular flexibility index (Phi) is 4.16. The summed E-state index contributed by atoms with van der Waals surface area (Å²) in [6, 6.07) is 11.9. The number of anilines is 1. The zero-order valence-electron chi connectivity index (χ0n) is 13.2. The molecule has 0 saturated carbocycles. The molecule has 3 heterocycles. The Morgan fingerprint density at radius 2 is 2.17 bits per heavy atom. The van der Waals surface area contributed by atoms with Crippen LogP contribution in [0.2, 0.25) is 0 Å². The van der Waals surface area contributed by atoms with Gasteiger partial charge < -0.3 is 9.32 Å². The number of nitrogens with zero attached hydrogens (tertiary/aromatic N) is 2. The molecule has 24 heavy (non-hydrogen) atoms. The van der Waals surface area contributed by atoms with Crippen molar-refractivity contribution in [2.45, 2.75) is 18.2 Å². The molecule has 6 heteroatoms. The minimum absolute atomic E-state index is 0.0928. The summed E-state index contributed by atoms with van der Waals surface area (Å²) in [5, 5.41) is 2.76. The van der Waals surface area contributed by atoms with E-state index in [9.17, 15) is 4.79 Å². The van der Waals surface area contributed by atoms with Crippen LogP contribution in [0.25, 0.3) is 10.8 Å². The summed E-state index contributed by atoms with van der Waals surface area (Å²) < 4.78 is 5.60. The maximum Gasteiger partial charge on any atom is 0.233 e. The van der Waals surface area contributed by atoms with Gasteiger partial charge in [0.15, 0.2) is 10.8 Å². The van der Waals surface area contributed by atoms with Gasteiger partial charge in [0.05, 0.1) is 17.8 Å². The fourth-order valence-corrected chi connectivity index (χ4v) is 4.50. The van der Waals surface area contributed by atoms with Crippen molar-refractivity contribution >= 4 is 34.7 Å². The highest BCUT2D eigenvalue weighted by atomic mass is 32.2. The largest absolute Gasteiger partial charge is 0.459 e. The van der Waals surface area contributed by atoms with Crippen molar-refractivity contribution in [1.82, 2.24) is 4.98 Å². The molecule has 0 saturated heterocycles. The predicted octanol–water partition coefficient (Wildman–Crippen LogP) is 4.39. The van der Waals surface area contributed by atoms with Crippen molar-refractivity contribution in [3.8, 4) is 10.8 Å². The molecule has 0 unspecified atom stereocenters. The molecule has 3 aromatic rings. The van der Waals surface area contributed by atoms with Crippen LogP contribution in [0.5, 0.6) is 0 Å². The van der Waals surface area contributed by atoms with Crippen molar-refractivity contribution in [3.63, 3.8) is 0 Å². The quantitative estimate of drug-likeness (QED) is 0.698. The van der Waals surface area contributed by atoms with Gasteiger partial charge in [-0.2, -0.15) is 0 Å². The fourth-order valence-electron chi connectivity index (χ4n) is 2.73. The third-order valence-corrected chi connectivity index (χ3v) is 5.81. The predicted molar refractivity (Wildman–Crippen MR) is 97.8 cm³/mol. The molecule has 0 aliphatic carbocycles. The van der Waals surface area contributed by atoms with Gasteiger partial charge >= 0.3 is 0 Å². The van der Waals surface area contributed by atoms with Crippen molar-refractivity contribution in [3.05, 3.63) is 53.2 Å². The number of carbonyl (C=O) groups excluding carboxylic acids is 1. The second-order valence-corrected chi connectivity index (χ2v) is 7.59. The lowest BCUT2D eigenvalue weighted by molar-refractivity contribution is -0.118. The van der Waals surface area contributed by atoms with Crippen LogP contribution in [0.4, 0.5) is 5.69 Å². The van der Waals surface area contributed by atoms with Crippen LogP contribution >= 0.6 is 23.1 Å². The van der Waals surface area contributed by atoms with E-state index in [0.29, 0.717) is 6.42 Å². The van der Waals surface area contributed by atoms with Crippen LogP contribution < -0.4 is 4.90 Å². The first-order valence-corrected chi connectivity index (χ1v) is 9.60. The van der Waals surface area contributed by atoms with Crippen LogP contribution in [-0.4, -0.2) is 23.2 Å². The van der Waals surface area contributed by atoms with Crippen LogP contribution in [-0.2, 0) is 11.2 Å². The zero-order valence-corrected chi connectivity index (χ0v) is 14.8. The van der Waals surface area contributed by atoms with E-state index >= 15 is 0 Å². The van der Waals surface area contributed by atoms with Gasteiger partial charge in [-0.1, -0.05) is 12.1 Å². The SMILES string of the molecule is Cc1ccc(-c2nc(CC(=O)N3CCSc4ccccc43)cs2)o1. The smallest absolute Gasteiger partial charge is 0.233 e. The van der Waals surface area contributed by atoms with Crippen LogP contribution in [0.15, 0.2) is 51.1 Å². The highest BCUT2D eigenvalue weighted by Crippen LogP contribution is 2.34. The van der Waals surface area contributed by atoms with Gasteiger partial charge in [0.25, 0.3) is 0 Å². The summed E-state index contributed by atoms with van der Waals surface area (Å²) in [4.78, 5) is 20.3. The first-order chi connectivity index (χ1) is 11.7. The molecule has 0 N–H and O–H groups in total. The Balaban J connectivity index is 1.52. The molecule has 0 fully saturated rings. The average Bonchev–Trinajstić information content (AvgIpc) is 3.23. The summed E-state index contributed by atoms with van der Waals surface area (Å²) in [5.74, 6) is 2.64. The number of benzene rings is 1. The number of para-hydroxylation sites is 1. The number of hydrogen-bond acceptors (Lipinski definition) is 5. The second kappa shape index (κ2) is 6.45. The van der Waals surface area contributed by atoms with E-state index in [-0.39, 0.29) is 5.91 Å². The van der Waals surface area contributed by atoms with Gasteiger partial charge in [0.2, 0.25) is 5.91 Å². The monoisotopic (exact) mass is 356 g/mol. The molecule has 1 aromatic carbocycles. The van der Waals surface area contributed by atoms with E-state index in [1.807, 2.05) is 47.5 Å². The molecule has 122 valence electrons. The molecule has 0 bridgehead atoms. The van der Waals surface area contributed by atoms with Crippen LogP contribution in [0, 0.1) is 6.92 Å². The van der Waals surface area contributed by atoms with Gasteiger partial charge in [0, 0.05) is 22.6 Å². The molecule has 4 rings (SSSR count). The summed E-state index contributed by atoms with van der Waals surface area (Å²) in [5.41, 5.74) is 1.81. The number of rotatable bonds is 3. The van der Waals surface area contributed by atoms with Gasteiger partial charge in [-0.05, 0) is 31.2 Å². The van der Waals surface area contributed by atoms with Crippen molar-refractivity contribution in [2.24, 2.45) is 0 Å². The standard InChI is InChI=1S/C18H16N2O2S2/c1-12-6-7-15(22-12)18-19-13(11-24-18)10-17(21)20-8-9-23-16-5-3-2-4-14(16)20/h2-7,11H,8-10H2,1H3. The molecule has 1 aliphatic rings. The number of amides is 1. The van der Waals surface area contributed by atoms with Crippen molar-refractivity contribution in [2.75, 3.05) is 17.2 Å². The lowest BCUT2D eigenvalue weighted by Crippen LogP contribution is -2.36. The van der Waals surface area contributed by atoms with Gasteiger partial charge in [-0.15, -0.1) is 23.1 Å². The number of aromatic nitrogens is 1. The first-order valence-electron chi connectivity index (χ1n) is 7.74. The maximum atomic E-state index is 12.7. The van der Waals surface area contributed by atoms with E-state index in [1.54, 1.807) is 11.8 Å². The fraction of sp³-hybridized carbons (Fsp3) is 0.222. The Morgan fingerprint density at radius 1 is 1.29 bits per heavy atom. The molecule has 1 aliphatic heterocycles. The van der Waals surface area contributed by atoms with Crippen LogP contribution in [0.1, 0.15) is 11.5 Å². The molecule has 0 atom stereocenters. The number of aryl methyl sites for hydroxylation is 1. The van der Waals surface area contributed by atoms with E-state index in [0.717, 1.165) is 40.2 Å².